The van der Waals surface area contributed by atoms with Crippen molar-refractivity contribution < 1.29 is 44.3 Å². The lowest BCUT2D eigenvalue weighted by Crippen LogP contribution is -2.31. The van der Waals surface area contributed by atoms with Gasteiger partial charge in [0, 0.05) is 12.4 Å². The van der Waals surface area contributed by atoms with E-state index in [4.69, 9.17) is 0 Å². The summed E-state index contributed by atoms with van der Waals surface area (Å²) in [7, 11) is -4.28. The van der Waals surface area contributed by atoms with Gasteiger partial charge >= 0.3 is 12.4 Å². The molecule has 1 N–H and O–H groups in total. The molecule has 0 aliphatic carbocycles. The van der Waals surface area contributed by atoms with E-state index >= 15 is 0 Å². The molecule has 0 saturated carbocycles. The van der Waals surface area contributed by atoms with Crippen LogP contribution in [0, 0.1) is 0 Å². The molecular formula is C17H13F6N3O4S. The summed E-state index contributed by atoms with van der Waals surface area (Å²) in [4.78, 5) is 29.8. The van der Waals surface area contributed by atoms with Crippen molar-refractivity contribution in [3.63, 3.8) is 0 Å². The van der Waals surface area contributed by atoms with Crippen molar-refractivity contribution in [1.82, 2.24) is 15.3 Å². The van der Waals surface area contributed by atoms with Crippen molar-refractivity contribution in [3.8, 4) is 0 Å². The second-order valence-corrected chi connectivity index (χ2v) is 8.25. The Labute approximate surface area is 171 Å². The summed E-state index contributed by atoms with van der Waals surface area (Å²) in [5.41, 5.74) is -3.76. The fourth-order valence-electron chi connectivity index (χ4n) is 2.24. The molecule has 0 bridgehead atoms. The predicted octanol–water partition coefficient (Wildman–Crippen LogP) is 2.92. The summed E-state index contributed by atoms with van der Waals surface area (Å²) in [6.07, 6.45) is -8.73. The van der Waals surface area contributed by atoms with Gasteiger partial charge in [-0.15, -0.1) is 0 Å². The van der Waals surface area contributed by atoms with E-state index in [0.29, 0.717) is 12.3 Å². The van der Waals surface area contributed by atoms with Crippen LogP contribution in [-0.4, -0.2) is 42.4 Å². The number of carbonyl (C=O) groups is 2. The molecule has 14 heteroatoms. The Morgan fingerprint density at radius 1 is 1.00 bits per heavy atom. The van der Waals surface area contributed by atoms with Crippen LogP contribution in [0.3, 0.4) is 0 Å². The summed E-state index contributed by atoms with van der Waals surface area (Å²) in [5, 5.41) is 2.03. The van der Waals surface area contributed by atoms with Crippen LogP contribution < -0.4 is 5.32 Å². The molecule has 7 nitrogen and oxygen atoms in total. The Kier molecular flexibility index (Phi) is 6.73. The first-order valence-electron chi connectivity index (χ1n) is 8.31. The molecule has 2 heterocycles. The van der Waals surface area contributed by atoms with Crippen LogP contribution in [0.4, 0.5) is 26.3 Å². The van der Waals surface area contributed by atoms with E-state index < -0.39 is 68.0 Å². The number of sulfone groups is 1. The molecule has 2 aromatic heterocycles. The zero-order valence-corrected chi connectivity index (χ0v) is 16.3. The lowest BCUT2D eigenvalue weighted by Gasteiger charge is -2.12. The van der Waals surface area contributed by atoms with E-state index in [1.807, 2.05) is 5.32 Å². The van der Waals surface area contributed by atoms with E-state index in [0.717, 1.165) is 13.0 Å². The standard InChI is InChI=1S/C17H13F6N3O4S/c1-2-31(29,30)12-5-10(16(18,19)20)7-25-14(12)11(27)8-26-15(28)9-3-4-13(24-6-9)17(21,22)23/h3-7H,2,8H2,1H3,(H,26,28). The van der Waals surface area contributed by atoms with Crippen molar-refractivity contribution in [2.75, 3.05) is 12.3 Å². The average Bonchev–Trinajstić information content (AvgIpc) is 2.70. The highest BCUT2D eigenvalue weighted by atomic mass is 32.2. The van der Waals surface area contributed by atoms with Crippen molar-refractivity contribution in [1.29, 1.82) is 0 Å². The third-order valence-electron chi connectivity index (χ3n) is 3.88. The first-order valence-corrected chi connectivity index (χ1v) is 9.96. The number of hydrogen-bond acceptors (Lipinski definition) is 6. The van der Waals surface area contributed by atoms with E-state index in [2.05, 4.69) is 9.97 Å². The Morgan fingerprint density at radius 3 is 2.13 bits per heavy atom. The number of rotatable bonds is 6. The number of hydrogen-bond donors (Lipinski definition) is 1. The van der Waals surface area contributed by atoms with Crippen LogP contribution in [0.5, 0.6) is 0 Å². The minimum Gasteiger partial charge on any atom is -0.344 e. The van der Waals surface area contributed by atoms with Crippen LogP contribution in [-0.2, 0) is 22.2 Å². The molecule has 0 radical (unpaired) electrons. The number of carbonyl (C=O) groups excluding carboxylic acids is 2. The maximum Gasteiger partial charge on any atom is 0.433 e. The van der Waals surface area contributed by atoms with Crippen LogP contribution >= 0.6 is 0 Å². The minimum atomic E-state index is -4.91. The number of aromatic nitrogens is 2. The fourth-order valence-corrected chi connectivity index (χ4v) is 3.32. The van der Waals surface area contributed by atoms with Crippen LogP contribution in [0.15, 0.2) is 35.5 Å². The van der Waals surface area contributed by atoms with Gasteiger partial charge in [0.25, 0.3) is 5.91 Å². The van der Waals surface area contributed by atoms with Gasteiger partial charge in [-0.2, -0.15) is 26.3 Å². The van der Waals surface area contributed by atoms with Gasteiger partial charge in [0.1, 0.15) is 11.4 Å². The van der Waals surface area contributed by atoms with Crippen molar-refractivity contribution in [2.24, 2.45) is 0 Å². The molecule has 0 atom stereocenters. The summed E-state index contributed by atoms with van der Waals surface area (Å²) in [5.74, 6) is -2.74. The number of pyridine rings is 2. The zero-order chi connectivity index (χ0) is 23.6. The molecule has 168 valence electrons. The Bertz CT molecular complexity index is 1100. The molecule has 0 aliphatic rings. The number of nitrogens with zero attached hydrogens (tertiary/aromatic N) is 2. The maximum absolute atomic E-state index is 12.9. The minimum absolute atomic E-state index is 0.278. The van der Waals surface area contributed by atoms with Crippen LogP contribution in [0.25, 0.3) is 0 Å². The van der Waals surface area contributed by atoms with Gasteiger partial charge < -0.3 is 5.32 Å². The van der Waals surface area contributed by atoms with Crippen LogP contribution in [0.1, 0.15) is 39.0 Å². The first kappa shape index (κ1) is 24.2. The van der Waals surface area contributed by atoms with Crippen molar-refractivity contribution in [3.05, 3.63) is 53.1 Å². The van der Waals surface area contributed by atoms with Crippen LogP contribution in [0.2, 0.25) is 0 Å². The molecule has 0 spiro atoms. The van der Waals surface area contributed by atoms with Gasteiger partial charge in [-0.05, 0) is 18.2 Å². The Balaban J connectivity index is 2.24. The topological polar surface area (TPSA) is 106 Å². The highest BCUT2D eigenvalue weighted by Crippen LogP contribution is 2.31. The molecule has 0 aromatic carbocycles. The normalized spacial score (nSPS) is 12.5. The molecule has 1 amide bonds. The quantitative estimate of drug-likeness (QED) is 0.515. The maximum atomic E-state index is 12.9. The third kappa shape index (κ3) is 5.77. The van der Waals surface area contributed by atoms with Gasteiger partial charge in [-0.25, -0.2) is 8.42 Å². The van der Waals surface area contributed by atoms with E-state index in [1.54, 1.807) is 0 Å². The SMILES string of the molecule is CCS(=O)(=O)c1cc(C(F)(F)F)cnc1C(=O)CNC(=O)c1ccc(C(F)(F)F)nc1. The van der Waals surface area contributed by atoms with Crippen molar-refractivity contribution >= 4 is 21.5 Å². The number of nitrogens with one attached hydrogen (secondary N) is 1. The largest absolute Gasteiger partial charge is 0.433 e. The van der Waals surface area contributed by atoms with Gasteiger partial charge in [-0.3, -0.25) is 19.6 Å². The van der Waals surface area contributed by atoms with Gasteiger partial charge in [0.05, 0.1) is 28.3 Å². The predicted molar refractivity (Wildman–Crippen MR) is 92.9 cm³/mol. The third-order valence-corrected chi connectivity index (χ3v) is 5.63. The van der Waals surface area contributed by atoms with Crippen molar-refractivity contribution in [2.45, 2.75) is 24.2 Å². The summed E-state index contributed by atoms with van der Waals surface area (Å²) >= 11 is 0. The Morgan fingerprint density at radius 2 is 1.65 bits per heavy atom. The van der Waals surface area contributed by atoms with E-state index in [9.17, 15) is 44.3 Å². The summed E-state index contributed by atoms with van der Waals surface area (Å²) < 4.78 is 100. The lowest BCUT2D eigenvalue weighted by atomic mass is 10.2. The molecule has 2 aromatic rings. The number of amides is 1. The second kappa shape index (κ2) is 8.61. The lowest BCUT2D eigenvalue weighted by molar-refractivity contribution is -0.141. The number of Topliss-reactive ketones (excluding diaryl/α,β-unsaturated/α-hetero) is 1. The fraction of sp³-hybridized carbons (Fsp3) is 0.294. The second-order valence-electron chi connectivity index (χ2n) is 6.01. The number of ketones is 1. The van der Waals surface area contributed by atoms with Gasteiger partial charge in [-0.1, -0.05) is 6.92 Å². The monoisotopic (exact) mass is 469 g/mol. The first-order chi connectivity index (χ1) is 14.2. The molecule has 0 unspecified atom stereocenters. The van der Waals surface area contributed by atoms with Gasteiger partial charge in [0.15, 0.2) is 9.84 Å². The summed E-state index contributed by atoms with van der Waals surface area (Å²) in [6.45, 7) is 0.285. The van der Waals surface area contributed by atoms with E-state index in [1.165, 1.54) is 0 Å². The Hall–Kier alpha value is -3.03. The highest BCUT2D eigenvalue weighted by Gasteiger charge is 2.35. The smallest absolute Gasteiger partial charge is 0.344 e. The zero-order valence-electron chi connectivity index (χ0n) is 15.5. The average molecular weight is 469 g/mol. The number of halogens is 6. The molecule has 0 saturated heterocycles. The van der Waals surface area contributed by atoms with Gasteiger partial charge in [0.2, 0.25) is 5.78 Å². The molecule has 2 rings (SSSR count). The van der Waals surface area contributed by atoms with E-state index in [-0.39, 0.29) is 17.8 Å². The highest BCUT2D eigenvalue weighted by molar-refractivity contribution is 7.91. The molecule has 0 aliphatic heterocycles. The molecule has 31 heavy (non-hydrogen) atoms. The number of alkyl halides is 6. The summed E-state index contributed by atoms with van der Waals surface area (Å²) in [6, 6.07) is 1.62. The molecular weight excluding hydrogens is 456 g/mol. The molecule has 0 fully saturated rings.